The number of halogens is 3. The number of alkyl carbamates (subject to hydrolysis) is 1. The number of hydrogen-bond donors (Lipinski definition) is 5. The van der Waals surface area contributed by atoms with Gasteiger partial charge < -0.3 is 36.5 Å². The molecule has 0 bridgehead atoms. The van der Waals surface area contributed by atoms with E-state index in [0.29, 0.717) is 17.7 Å². The molecule has 0 radical (unpaired) electrons. The molecule has 4 aromatic rings. The van der Waals surface area contributed by atoms with Crippen LogP contribution in [0.4, 0.5) is 30.6 Å². The summed E-state index contributed by atoms with van der Waals surface area (Å²) < 4.78 is 37.9. The molecule has 0 aliphatic heterocycles. The molecule has 47 heavy (non-hydrogen) atoms. The summed E-state index contributed by atoms with van der Waals surface area (Å²) in [6.45, 7) is 7.81. The van der Waals surface area contributed by atoms with Crippen molar-refractivity contribution in [3.8, 4) is 5.75 Å². The summed E-state index contributed by atoms with van der Waals surface area (Å²) in [5.41, 5.74) is 5.01. The van der Waals surface area contributed by atoms with Gasteiger partial charge in [0.05, 0.1) is 6.61 Å². The fourth-order valence-electron chi connectivity index (χ4n) is 4.23. The minimum absolute atomic E-state index is 0. The zero-order chi connectivity index (χ0) is 34.2. The highest BCUT2D eigenvalue weighted by molar-refractivity contribution is 5.85. The summed E-state index contributed by atoms with van der Waals surface area (Å²) in [7, 11) is 1.55. The van der Waals surface area contributed by atoms with Crippen molar-refractivity contribution >= 4 is 35.6 Å². The van der Waals surface area contributed by atoms with E-state index in [1.54, 1.807) is 59.0 Å². The van der Waals surface area contributed by atoms with E-state index in [-0.39, 0.29) is 72.8 Å². The van der Waals surface area contributed by atoms with Crippen molar-refractivity contribution in [1.82, 2.24) is 5.32 Å². The fraction of sp³-hybridized carbons (Fsp3) is 0.344. The molecule has 4 aromatic carbocycles. The molecule has 0 aliphatic rings. The van der Waals surface area contributed by atoms with Crippen molar-refractivity contribution in [2.75, 3.05) is 29.6 Å². The highest BCUT2D eigenvalue weighted by Crippen LogP contribution is 2.20. The van der Waals surface area contributed by atoms with E-state index in [9.17, 15) is 32.8 Å². The van der Waals surface area contributed by atoms with E-state index < -0.39 is 39.2 Å². The second kappa shape index (κ2) is 16.7. The van der Waals surface area contributed by atoms with Crippen LogP contribution in [0.15, 0.2) is 55.6 Å². The third kappa shape index (κ3) is 9.83. The normalized spacial score (nSPS) is 10.8. The van der Waals surface area contributed by atoms with E-state index in [2.05, 4.69) is 21.3 Å². The number of nitrogens with one attached hydrogen (secondary N) is 4. The minimum atomic E-state index is -0.685. The van der Waals surface area contributed by atoms with Crippen molar-refractivity contribution in [2.24, 2.45) is 5.73 Å². The van der Waals surface area contributed by atoms with Crippen LogP contribution in [0.2, 0.25) is 0 Å². The van der Waals surface area contributed by atoms with Gasteiger partial charge in [-0.3, -0.25) is 19.2 Å². The maximum Gasteiger partial charge on any atom is 0.407 e. The quantitative estimate of drug-likeness (QED) is 0.139. The average molecular weight is 678 g/mol. The van der Waals surface area contributed by atoms with Crippen LogP contribution in [-0.2, 0) is 30.9 Å². The maximum atomic E-state index is 14.0. The molecule has 0 aromatic heterocycles. The molecule has 0 saturated carbocycles. The van der Waals surface area contributed by atoms with Gasteiger partial charge in [-0.05, 0) is 63.1 Å². The Hall–Kier alpha value is -4.82. The summed E-state index contributed by atoms with van der Waals surface area (Å²) in [5.74, 6) is -0.875. The van der Waals surface area contributed by atoms with Gasteiger partial charge in [0, 0.05) is 44.4 Å². The second-order valence-electron chi connectivity index (χ2n) is 11.1. The first-order valence-electron chi connectivity index (χ1n) is 14.4. The molecule has 254 valence electrons. The lowest BCUT2D eigenvalue weighted by molar-refractivity contribution is 0.0523. The van der Waals surface area contributed by atoms with Crippen LogP contribution in [0, 0.1) is 11.6 Å². The summed E-state index contributed by atoms with van der Waals surface area (Å²) in [4.78, 5) is 57.3. The molecule has 6 N–H and O–H groups in total. The molecular formula is C32H38ClF2N5O7. The molecule has 0 saturated heterocycles. The summed E-state index contributed by atoms with van der Waals surface area (Å²) in [6.07, 6.45) is -0.573. The largest absolute Gasteiger partial charge is 0.488 e. The second-order valence-corrected chi connectivity index (χ2v) is 11.1. The van der Waals surface area contributed by atoms with Gasteiger partial charge in [-0.15, -0.1) is 12.4 Å². The third-order valence-corrected chi connectivity index (χ3v) is 6.52. The monoisotopic (exact) mass is 677 g/mol. The van der Waals surface area contributed by atoms with Crippen molar-refractivity contribution in [2.45, 2.75) is 59.5 Å². The van der Waals surface area contributed by atoms with Gasteiger partial charge in [0.1, 0.15) is 34.3 Å². The van der Waals surface area contributed by atoms with Crippen LogP contribution in [0.1, 0.15) is 49.9 Å². The number of anilines is 3. The zero-order valence-electron chi connectivity index (χ0n) is 26.6. The number of amides is 1. The van der Waals surface area contributed by atoms with Gasteiger partial charge in [-0.1, -0.05) is 12.1 Å². The minimum Gasteiger partial charge on any atom is -0.488 e. The Kier molecular flexibility index (Phi) is 13.6. The van der Waals surface area contributed by atoms with Gasteiger partial charge in [-0.25, -0.2) is 13.6 Å². The highest BCUT2D eigenvalue weighted by Gasteiger charge is 2.23. The van der Waals surface area contributed by atoms with Crippen LogP contribution in [-0.4, -0.2) is 25.3 Å². The van der Waals surface area contributed by atoms with Gasteiger partial charge in [-0.2, -0.15) is 0 Å². The van der Waals surface area contributed by atoms with Crippen LogP contribution >= 0.6 is 12.4 Å². The smallest absolute Gasteiger partial charge is 0.407 e. The lowest BCUT2D eigenvalue weighted by Crippen LogP contribution is -2.36. The number of ether oxygens (including phenoxy) is 2. The first-order chi connectivity index (χ1) is 21.7. The Morgan fingerprint density at radius 1 is 0.787 bits per heavy atom. The van der Waals surface area contributed by atoms with Gasteiger partial charge in [0.15, 0.2) is 5.75 Å². The predicted molar refractivity (Wildman–Crippen MR) is 179 cm³/mol. The molecule has 15 heteroatoms. The molecule has 0 atom stereocenters. The number of hydrogen-bond acceptors (Lipinski definition) is 11. The molecule has 0 unspecified atom stereocenters. The number of carbonyl (C=O) groups excluding carboxylic acids is 1. The number of rotatable bonds is 12. The fourth-order valence-corrected chi connectivity index (χ4v) is 4.23. The Morgan fingerprint density at radius 2 is 1.30 bits per heavy atom. The molecule has 0 heterocycles. The van der Waals surface area contributed by atoms with Crippen LogP contribution in [0.3, 0.4) is 0 Å². The van der Waals surface area contributed by atoms with E-state index in [1.807, 2.05) is 0 Å². The van der Waals surface area contributed by atoms with Crippen LogP contribution in [0.25, 0.3) is 0 Å². The topological polar surface area (TPSA) is 178 Å². The lowest BCUT2D eigenvalue weighted by atomic mass is 10.1. The molecule has 0 aliphatic carbocycles. The Labute approximate surface area is 275 Å². The number of benzene rings is 2. The van der Waals surface area contributed by atoms with E-state index in [4.69, 9.17) is 15.2 Å². The van der Waals surface area contributed by atoms with Crippen molar-refractivity contribution < 1.29 is 23.0 Å². The molecule has 4 rings (SSSR count). The molecule has 0 spiro atoms. The van der Waals surface area contributed by atoms with Crippen molar-refractivity contribution in [1.29, 1.82) is 0 Å². The standard InChI is InChI=1S/C19H23FN2O5.C13H14FN3O2.ClH/c1-5-26-17-14(15(23)16(17)24)21-10-12-8-11(6-7-13(12)20)9-22-18(25)27-19(2,3)4;1-16-10-11(13(19)12(10)18)17-6-8-4-7(5-15)2-3-9(8)14;/h6-8,21H,5,9-10H2,1-4H3,(H,22,25);2-4,16-17H,5-6,15H2,1H3;1H. The van der Waals surface area contributed by atoms with Crippen molar-refractivity contribution in [3.05, 3.63) is 111 Å². The van der Waals surface area contributed by atoms with E-state index >= 15 is 0 Å². The highest BCUT2D eigenvalue weighted by atomic mass is 35.5. The Balaban J connectivity index is 0.000000338. The first kappa shape index (κ1) is 38.4. The number of nitrogens with two attached hydrogens (primary N) is 1. The molecular weight excluding hydrogens is 640 g/mol. The Morgan fingerprint density at radius 3 is 1.83 bits per heavy atom. The lowest BCUT2D eigenvalue weighted by Gasteiger charge is -2.19. The van der Waals surface area contributed by atoms with Crippen molar-refractivity contribution in [3.63, 3.8) is 0 Å². The van der Waals surface area contributed by atoms with E-state index in [1.165, 1.54) is 12.1 Å². The summed E-state index contributed by atoms with van der Waals surface area (Å²) in [6, 6.07) is 8.95. The average Bonchev–Trinajstić information content (AvgIpc) is 3.02. The van der Waals surface area contributed by atoms with Gasteiger partial charge in [0.25, 0.3) is 21.7 Å². The maximum absolute atomic E-state index is 14.0. The summed E-state index contributed by atoms with van der Waals surface area (Å²) in [5, 5.41) is 10.8. The van der Waals surface area contributed by atoms with Gasteiger partial charge >= 0.3 is 6.09 Å². The molecule has 12 nitrogen and oxygen atoms in total. The first-order valence-corrected chi connectivity index (χ1v) is 14.4. The predicted octanol–water partition coefficient (Wildman–Crippen LogP) is 3.41. The van der Waals surface area contributed by atoms with E-state index in [0.717, 1.165) is 5.56 Å². The third-order valence-electron chi connectivity index (χ3n) is 6.52. The van der Waals surface area contributed by atoms with Crippen LogP contribution < -0.4 is 53.5 Å². The molecule has 1 amide bonds. The SMILES string of the molecule is CCOc1c(NCc2cc(CNC(=O)OC(C)(C)C)ccc2F)c(=O)c1=O.CNc1c(NCc2cc(CN)ccc2F)c(=O)c1=O.Cl. The summed E-state index contributed by atoms with van der Waals surface area (Å²) >= 11 is 0. The Bertz CT molecular complexity index is 1840. The zero-order valence-corrected chi connectivity index (χ0v) is 27.4. The van der Waals surface area contributed by atoms with Gasteiger partial charge in [0.2, 0.25) is 0 Å². The molecule has 0 fully saturated rings. The van der Waals surface area contributed by atoms with Crippen LogP contribution in [0.5, 0.6) is 5.75 Å². The number of carbonyl (C=O) groups is 1.